The molecule has 0 spiro atoms. The second-order valence-corrected chi connectivity index (χ2v) is 14.2. The van der Waals surface area contributed by atoms with Gasteiger partial charge < -0.3 is 14.4 Å². The molecule has 14 heteroatoms. The van der Waals surface area contributed by atoms with Gasteiger partial charge in [0.2, 0.25) is 11.8 Å². The summed E-state index contributed by atoms with van der Waals surface area (Å²) in [6.45, 7) is 3.23. The monoisotopic (exact) mass is 729 g/mol. The van der Waals surface area contributed by atoms with Gasteiger partial charge in [-0.3, -0.25) is 33.7 Å². The number of thiophene rings is 1. The summed E-state index contributed by atoms with van der Waals surface area (Å²) >= 11 is 1.60. The number of hydrogen-bond acceptors (Lipinski definition) is 10. The molecule has 0 radical (unpaired) electrons. The third kappa shape index (κ3) is 7.01. The molecule has 3 amide bonds. The lowest BCUT2D eigenvalue weighted by Gasteiger charge is -2.29. The molecular formula is C39H35N7O6S. The first kappa shape index (κ1) is 34.2. The third-order valence-electron chi connectivity index (χ3n) is 9.67. The zero-order chi connectivity index (χ0) is 36.5. The van der Waals surface area contributed by atoms with Crippen LogP contribution < -0.4 is 5.32 Å². The van der Waals surface area contributed by atoms with E-state index in [1.165, 1.54) is 10.2 Å². The Morgan fingerprint density at radius 3 is 2.77 bits per heavy atom. The van der Waals surface area contributed by atoms with Crippen molar-refractivity contribution >= 4 is 35.0 Å². The van der Waals surface area contributed by atoms with Crippen LogP contribution in [0.15, 0.2) is 60.9 Å². The molecule has 5 aromatic rings. The number of nitrogens with zero attached hydrogens (tertiary/aromatic N) is 6. The van der Waals surface area contributed by atoms with Crippen LogP contribution in [0.2, 0.25) is 0 Å². The molecule has 1 N–H and O–H groups in total. The fourth-order valence-corrected chi connectivity index (χ4v) is 8.31. The van der Waals surface area contributed by atoms with Gasteiger partial charge in [0.05, 0.1) is 29.9 Å². The largest absolute Gasteiger partial charge is 0.464 e. The fraction of sp³-hybridized carbons (Fsp3) is 0.308. The van der Waals surface area contributed by atoms with E-state index in [1.54, 1.807) is 34.7 Å². The number of ether oxygens (including phenoxy) is 2. The zero-order valence-electron chi connectivity index (χ0n) is 29.0. The number of piperidine rings is 1. The SMILES string of the molecule is Cc1nnc2n1-c1sc(C#Cc3cnn(CC(=O)OCCCc4cccc5c4CN(C4CCC(=O)NC4=O)C5=O)c3)c(Cc3ccccc3)c1COC2. The number of rotatable bonds is 9. The van der Waals surface area contributed by atoms with Gasteiger partial charge in [-0.1, -0.05) is 54.3 Å². The molecule has 1 saturated heterocycles. The maximum Gasteiger partial charge on any atom is 0.327 e. The number of carbonyl (C=O) groups excluding carboxylic acids is 4. The number of amides is 3. The topological polar surface area (TPSA) is 151 Å². The predicted molar refractivity (Wildman–Crippen MR) is 192 cm³/mol. The van der Waals surface area contributed by atoms with E-state index < -0.39 is 17.9 Å². The van der Waals surface area contributed by atoms with Crippen molar-refractivity contribution in [3.63, 3.8) is 0 Å². The smallest absolute Gasteiger partial charge is 0.327 e. The van der Waals surface area contributed by atoms with Gasteiger partial charge in [0.15, 0.2) is 5.82 Å². The van der Waals surface area contributed by atoms with Crippen LogP contribution in [0.4, 0.5) is 0 Å². The standard InChI is InChI=1S/C39H35N7O6S/c1-24-42-43-34-23-51-22-31-29(17-25-7-3-2-4-8-25)33(53-39(31)46(24)34)14-12-26-18-40-44(19-26)21-36(48)52-16-6-10-27-9-5-11-28-30(27)20-45(38(28)50)32-13-15-35(47)41-37(32)49/h2-5,7-9,11,18-19,32H,6,10,13,15-17,20-23H2,1H3,(H,41,47,49). The number of aryl methyl sites for hydroxylation is 2. The van der Waals surface area contributed by atoms with E-state index >= 15 is 0 Å². The van der Waals surface area contributed by atoms with Gasteiger partial charge in [-0.25, -0.2) is 0 Å². The predicted octanol–water partition coefficient (Wildman–Crippen LogP) is 3.79. The van der Waals surface area contributed by atoms with Gasteiger partial charge in [-0.2, -0.15) is 5.10 Å². The summed E-state index contributed by atoms with van der Waals surface area (Å²) in [5, 5.41) is 16.3. The summed E-state index contributed by atoms with van der Waals surface area (Å²) in [4.78, 5) is 52.3. The van der Waals surface area contributed by atoms with Crippen molar-refractivity contribution in [1.29, 1.82) is 0 Å². The molecule has 1 atom stereocenters. The molecular weight excluding hydrogens is 695 g/mol. The van der Waals surface area contributed by atoms with Gasteiger partial charge in [0.1, 0.15) is 30.0 Å². The van der Waals surface area contributed by atoms with Crippen LogP contribution in [0.25, 0.3) is 5.00 Å². The number of carbonyl (C=O) groups is 4. The summed E-state index contributed by atoms with van der Waals surface area (Å²) in [6, 6.07) is 15.1. The Kier molecular flexibility index (Phi) is 9.42. The number of esters is 1. The number of fused-ring (bicyclic) bond motifs is 4. The molecule has 3 aromatic heterocycles. The van der Waals surface area contributed by atoms with Crippen LogP contribution in [0.3, 0.4) is 0 Å². The van der Waals surface area contributed by atoms with Crippen molar-refractivity contribution in [2.24, 2.45) is 0 Å². The average molecular weight is 730 g/mol. The van der Waals surface area contributed by atoms with Crippen LogP contribution in [-0.2, 0) is 63.0 Å². The highest BCUT2D eigenvalue weighted by atomic mass is 32.1. The third-order valence-corrected chi connectivity index (χ3v) is 10.8. The molecule has 3 aliphatic heterocycles. The minimum atomic E-state index is -0.665. The van der Waals surface area contributed by atoms with Crippen LogP contribution >= 0.6 is 11.3 Å². The Bertz CT molecular complexity index is 2310. The quantitative estimate of drug-likeness (QED) is 0.104. The first-order chi connectivity index (χ1) is 25.8. The van der Waals surface area contributed by atoms with E-state index in [9.17, 15) is 19.2 Å². The van der Waals surface area contributed by atoms with E-state index in [0.717, 1.165) is 43.8 Å². The van der Waals surface area contributed by atoms with Crippen LogP contribution in [-0.4, -0.2) is 65.8 Å². The van der Waals surface area contributed by atoms with Gasteiger partial charge in [0.25, 0.3) is 5.91 Å². The Morgan fingerprint density at radius 1 is 1.06 bits per heavy atom. The minimum Gasteiger partial charge on any atom is -0.464 e. The highest BCUT2D eigenvalue weighted by molar-refractivity contribution is 7.15. The Morgan fingerprint density at radius 2 is 1.92 bits per heavy atom. The molecule has 0 aliphatic carbocycles. The van der Waals surface area contributed by atoms with Gasteiger partial charge in [-0.15, -0.1) is 21.5 Å². The molecule has 3 aliphatic rings. The summed E-state index contributed by atoms with van der Waals surface area (Å²) in [5.74, 6) is 6.79. The molecule has 2 aromatic carbocycles. The lowest BCUT2D eigenvalue weighted by molar-refractivity contribution is -0.144. The summed E-state index contributed by atoms with van der Waals surface area (Å²) in [7, 11) is 0. The van der Waals surface area contributed by atoms with Gasteiger partial charge >= 0.3 is 5.97 Å². The van der Waals surface area contributed by atoms with Crippen LogP contribution in [0.1, 0.15) is 79.5 Å². The number of nitrogens with one attached hydrogen (secondary N) is 1. The van der Waals surface area contributed by atoms with Gasteiger partial charge in [0, 0.05) is 30.3 Å². The summed E-state index contributed by atoms with van der Waals surface area (Å²) < 4.78 is 15.1. The minimum absolute atomic E-state index is 0.0581. The first-order valence-electron chi connectivity index (χ1n) is 17.5. The summed E-state index contributed by atoms with van der Waals surface area (Å²) in [5.41, 5.74) is 6.45. The van der Waals surface area contributed by atoms with E-state index in [0.29, 0.717) is 56.6 Å². The lowest BCUT2D eigenvalue weighted by Crippen LogP contribution is -2.52. The maximum atomic E-state index is 13.1. The normalized spacial score (nSPS) is 16.3. The van der Waals surface area contributed by atoms with E-state index in [4.69, 9.17) is 9.47 Å². The molecule has 0 saturated carbocycles. The lowest BCUT2D eigenvalue weighted by atomic mass is 10.00. The van der Waals surface area contributed by atoms with Crippen LogP contribution in [0, 0.1) is 18.8 Å². The highest BCUT2D eigenvalue weighted by Gasteiger charge is 2.39. The summed E-state index contributed by atoms with van der Waals surface area (Å²) in [6.07, 6.45) is 5.74. The Labute approximate surface area is 308 Å². The highest BCUT2D eigenvalue weighted by Crippen LogP contribution is 2.37. The van der Waals surface area contributed by atoms with E-state index in [2.05, 4.69) is 49.2 Å². The average Bonchev–Trinajstić information content (AvgIpc) is 3.89. The van der Waals surface area contributed by atoms with Crippen molar-refractivity contribution < 1.29 is 28.7 Å². The second kappa shape index (κ2) is 14.6. The fourth-order valence-electron chi connectivity index (χ4n) is 7.07. The number of hydrogen-bond donors (Lipinski definition) is 1. The van der Waals surface area contributed by atoms with Crippen molar-refractivity contribution in [2.75, 3.05) is 6.61 Å². The Balaban J connectivity index is 0.892. The van der Waals surface area contributed by atoms with Crippen LogP contribution in [0.5, 0.6) is 0 Å². The van der Waals surface area contributed by atoms with Crippen molar-refractivity contribution in [2.45, 2.75) is 71.4 Å². The number of aromatic nitrogens is 5. The van der Waals surface area contributed by atoms with Crippen molar-refractivity contribution in [3.05, 3.63) is 116 Å². The molecule has 8 rings (SSSR count). The molecule has 1 unspecified atom stereocenters. The zero-order valence-corrected chi connectivity index (χ0v) is 29.8. The number of benzene rings is 2. The molecule has 1 fully saturated rings. The maximum absolute atomic E-state index is 13.1. The first-order valence-corrected chi connectivity index (χ1v) is 18.3. The molecule has 268 valence electrons. The van der Waals surface area contributed by atoms with Crippen molar-refractivity contribution in [3.8, 4) is 16.8 Å². The van der Waals surface area contributed by atoms with E-state index in [1.807, 2.05) is 37.3 Å². The van der Waals surface area contributed by atoms with Crippen molar-refractivity contribution in [1.82, 2.24) is 34.8 Å². The molecule has 6 heterocycles. The van der Waals surface area contributed by atoms with Gasteiger partial charge in [-0.05, 0) is 60.9 Å². The molecule has 13 nitrogen and oxygen atoms in total. The molecule has 0 bridgehead atoms. The van der Waals surface area contributed by atoms with E-state index in [-0.39, 0.29) is 31.4 Å². The second-order valence-electron chi connectivity index (χ2n) is 13.2. The number of imide groups is 1. The molecule has 53 heavy (non-hydrogen) atoms. The Hall–Kier alpha value is -5.91.